The summed E-state index contributed by atoms with van der Waals surface area (Å²) in [6.45, 7) is 1.98. The van der Waals surface area contributed by atoms with E-state index in [0.29, 0.717) is 5.69 Å². The van der Waals surface area contributed by atoms with Crippen molar-refractivity contribution in [3.63, 3.8) is 0 Å². The maximum atomic E-state index is 11.0. The van der Waals surface area contributed by atoms with E-state index in [1.54, 1.807) is 12.1 Å². The topological polar surface area (TPSA) is 62.2 Å². The van der Waals surface area contributed by atoms with E-state index in [2.05, 4.69) is 10.3 Å². The summed E-state index contributed by atoms with van der Waals surface area (Å²) in [4.78, 5) is 14.9. The number of anilines is 1. The number of hydrogen-bond donors (Lipinski definition) is 2. The van der Waals surface area contributed by atoms with Gasteiger partial charge in [-0.2, -0.15) is 0 Å². The first-order chi connectivity index (χ1) is 8.68. The Morgan fingerprint density at radius 3 is 2.61 bits per heavy atom. The fourth-order valence-corrected chi connectivity index (χ4v) is 1.75. The second-order valence-corrected chi connectivity index (χ2v) is 3.98. The van der Waals surface area contributed by atoms with Crippen LogP contribution in [0.4, 0.5) is 5.69 Å². The highest BCUT2D eigenvalue weighted by molar-refractivity contribution is 5.91. The Kier molecular flexibility index (Phi) is 3.57. The smallest absolute Gasteiger partial charge is 0.356 e. The third kappa shape index (κ3) is 2.66. The van der Waals surface area contributed by atoms with E-state index in [1.165, 1.54) is 6.20 Å². The summed E-state index contributed by atoms with van der Waals surface area (Å²) in [6, 6.07) is 13.3. The molecule has 2 aromatic rings. The first kappa shape index (κ1) is 12.1. The fourth-order valence-electron chi connectivity index (χ4n) is 1.75. The molecular weight excluding hydrogens is 228 g/mol. The Bertz CT molecular complexity index is 541. The summed E-state index contributed by atoms with van der Waals surface area (Å²) in [5, 5.41) is 12.2. The third-order valence-electron chi connectivity index (χ3n) is 2.68. The highest BCUT2D eigenvalue weighted by Crippen LogP contribution is 2.20. The summed E-state index contributed by atoms with van der Waals surface area (Å²) in [5.74, 6) is -1.03. The number of hydrogen-bond acceptors (Lipinski definition) is 3. The van der Waals surface area contributed by atoms with E-state index in [0.717, 1.165) is 5.56 Å². The fraction of sp³-hybridized carbons (Fsp3) is 0.143. The SMILES string of the molecule is CC(Nc1cccnc1C(=O)O)c1ccccc1. The van der Waals surface area contributed by atoms with E-state index in [4.69, 9.17) is 5.11 Å². The molecule has 0 aliphatic heterocycles. The second-order valence-electron chi connectivity index (χ2n) is 3.98. The van der Waals surface area contributed by atoms with Crippen LogP contribution in [0.15, 0.2) is 48.7 Å². The molecule has 0 radical (unpaired) electrons. The average Bonchev–Trinajstić information content (AvgIpc) is 2.40. The number of benzene rings is 1. The number of aromatic carboxylic acids is 1. The molecule has 1 atom stereocenters. The minimum absolute atomic E-state index is 0.0218. The lowest BCUT2D eigenvalue weighted by Gasteiger charge is -2.16. The summed E-state index contributed by atoms with van der Waals surface area (Å²) in [5.41, 5.74) is 1.67. The zero-order chi connectivity index (χ0) is 13.0. The lowest BCUT2D eigenvalue weighted by Crippen LogP contribution is -2.11. The normalized spacial score (nSPS) is 11.8. The monoisotopic (exact) mass is 242 g/mol. The van der Waals surface area contributed by atoms with Crippen molar-refractivity contribution < 1.29 is 9.90 Å². The minimum atomic E-state index is -1.03. The molecule has 0 spiro atoms. The molecule has 18 heavy (non-hydrogen) atoms. The van der Waals surface area contributed by atoms with Gasteiger partial charge in [-0.3, -0.25) is 0 Å². The summed E-state index contributed by atoms with van der Waals surface area (Å²) in [6.07, 6.45) is 1.47. The van der Waals surface area contributed by atoms with E-state index in [9.17, 15) is 4.79 Å². The molecule has 0 saturated carbocycles. The average molecular weight is 242 g/mol. The van der Waals surface area contributed by atoms with Gasteiger partial charge >= 0.3 is 5.97 Å². The van der Waals surface area contributed by atoms with Crippen LogP contribution in [-0.4, -0.2) is 16.1 Å². The molecule has 0 saturated heterocycles. The van der Waals surface area contributed by atoms with E-state index < -0.39 is 5.97 Å². The van der Waals surface area contributed by atoms with E-state index in [-0.39, 0.29) is 11.7 Å². The molecule has 1 aromatic heterocycles. The van der Waals surface area contributed by atoms with Crippen molar-refractivity contribution >= 4 is 11.7 Å². The molecule has 0 aliphatic rings. The molecule has 0 aliphatic carbocycles. The molecule has 92 valence electrons. The molecule has 1 heterocycles. The van der Waals surface area contributed by atoms with Gasteiger partial charge in [0.1, 0.15) is 0 Å². The molecule has 4 nitrogen and oxygen atoms in total. The molecule has 2 rings (SSSR count). The number of pyridine rings is 1. The minimum Gasteiger partial charge on any atom is -0.476 e. The summed E-state index contributed by atoms with van der Waals surface area (Å²) in [7, 11) is 0. The second kappa shape index (κ2) is 5.31. The van der Waals surface area contributed by atoms with Crippen LogP contribution in [0.2, 0.25) is 0 Å². The highest BCUT2D eigenvalue weighted by atomic mass is 16.4. The first-order valence-corrected chi connectivity index (χ1v) is 5.68. The van der Waals surface area contributed by atoms with Gasteiger partial charge in [0.05, 0.1) is 5.69 Å². The van der Waals surface area contributed by atoms with Crippen molar-refractivity contribution in [1.82, 2.24) is 4.98 Å². The molecule has 2 N–H and O–H groups in total. The first-order valence-electron chi connectivity index (χ1n) is 5.68. The van der Waals surface area contributed by atoms with Crippen LogP contribution in [0.5, 0.6) is 0 Å². The van der Waals surface area contributed by atoms with Crippen molar-refractivity contribution in [3.8, 4) is 0 Å². The van der Waals surface area contributed by atoms with Gasteiger partial charge in [0.2, 0.25) is 0 Å². The van der Waals surface area contributed by atoms with Crippen molar-refractivity contribution in [2.75, 3.05) is 5.32 Å². The zero-order valence-electron chi connectivity index (χ0n) is 10.00. The van der Waals surface area contributed by atoms with Crippen molar-refractivity contribution in [1.29, 1.82) is 0 Å². The molecule has 1 aromatic carbocycles. The van der Waals surface area contributed by atoms with Gasteiger partial charge in [0.15, 0.2) is 5.69 Å². The largest absolute Gasteiger partial charge is 0.476 e. The Morgan fingerprint density at radius 2 is 1.94 bits per heavy atom. The Morgan fingerprint density at radius 1 is 1.22 bits per heavy atom. The number of rotatable bonds is 4. The molecule has 0 bridgehead atoms. The standard InChI is InChI=1S/C14H14N2O2/c1-10(11-6-3-2-4-7-11)16-12-8-5-9-15-13(12)14(17)18/h2-10,16H,1H3,(H,17,18). The van der Waals surface area contributed by atoms with Gasteiger partial charge in [-0.1, -0.05) is 30.3 Å². The van der Waals surface area contributed by atoms with Gasteiger partial charge in [0.25, 0.3) is 0 Å². The van der Waals surface area contributed by atoms with Crippen LogP contribution in [-0.2, 0) is 0 Å². The number of carboxylic acid groups (broad SMARTS) is 1. The van der Waals surface area contributed by atoms with Gasteiger partial charge in [-0.25, -0.2) is 9.78 Å². The Balaban J connectivity index is 2.22. The molecular formula is C14H14N2O2. The number of nitrogens with one attached hydrogen (secondary N) is 1. The van der Waals surface area contributed by atoms with E-state index >= 15 is 0 Å². The maximum absolute atomic E-state index is 11.0. The molecule has 0 amide bonds. The summed E-state index contributed by atoms with van der Waals surface area (Å²) < 4.78 is 0. The molecule has 0 fully saturated rings. The Labute approximate surface area is 105 Å². The van der Waals surface area contributed by atoms with Crippen LogP contribution in [0.1, 0.15) is 29.0 Å². The quantitative estimate of drug-likeness (QED) is 0.865. The van der Waals surface area contributed by atoms with Crippen LogP contribution in [0.3, 0.4) is 0 Å². The molecule has 4 heteroatoms. The number of nitrogens with zero attached hydrogens (tertiary/aromatic N) is 1. The van der Waals surface area contributed by atoms with Crippen molar-refractivity contribution in [2.45, 2.75) is 13.0 Å². The van der Waals surface area contributed by atoms with Gasteiger partial charge in [-0.15, -0.1) is 0 Å². The zero-order valence-corrected chi connectivity index (χ0v) is 10.00. The number of carboxylic acids is 1. The summed E-state index contributed by atoms with van der Waals surface area (Å²) >= 11 is 0. The maximum Gasteiger partial charge on any atom is 0.356 e. The van der Waals surface area contributed by atoms with Crippen LogP contribution < -0.4 is 5.32 Å². The van der Waals surface area contributed by atoms with Gasteiger partial charge in [-0.05, 0) is 24.6 Å². The van der Waals surface area contributed by atoms with Crippen LogP contribution in [0, 0.1) is 0 Å². The molecule has 1 unspecified atom stereocenters. The predicted molar refractivity (Wildman–Crippen MR) is 69.7 cm³/mol. The lowest BCUT2D eigenvalue weighted by molar-refractivity contribution is 0.0691. The number of carbonyl (C=O) groups is 1. The van der Waals surface area contributed by atoms with Crippen molar-refractivity contribution in [3.05, 3.63) is 59.9 Å². The van der Waals surface area contributed by atoms with Gasteiger partial charge < -0.3 is 10.4 Å². The predicted octanol–water partition coefficient (Wildman–Crippen LogP) is 2.95. The van der Waals surface area contributed by atoms with Gasteiger partial charge in [0, 0.05) is 12.2 Å². The third-order valence-corrected chi connectivity index (χ3v) is 2.68. The van der Waals surface area contributed by atoms with Crippen LogP contribution in [0.25, 0.3) is 0 Å². The van der Waals surface area contributed by atoms with Crippen molar-refractivity contribution in [2.24, 2.45) is 0 Å². The highest BCUT2D eigenvalue weighted by Gasteiger charge is 2.13. The Hall–Kier alpha value is -2.36. The van der Waals surface area contributed by atoms with E-state index in [1.807, 2.05) is 37.3 Å². The van der Waals surface area contributed by atoms with Crippen LogP contribution >= 0.6 is 0 Å². The number of aromatic nitrogens is 1. The lowest BCUT2D eigenvalue weighted by atomic mass is 10.1.